The normalized spacial score (nSPS) is 15.7. The number of hydrogen-bond donors (Lipinski definition) is 1. The summed E-state index contributed by atoms with van der Waals surface area (Å²) in [6.07, 6.45) is 2.10. The van der Waals surface area contributed by atoms with Crippen LogP contribution in [0.5, 0.6) is 5.75 Å². The van der Waals surface area contributed by atoms with Crippen LogP contribution in [0.3, 0.4) is 0 Å². The molecule has 1 N–H and O–H groups in total. The molecule has 0 unspecified atom stereocenters. The number of anilines is 1. The molecule has 0 radical (unpaired) electrons. The van der Waals surface area contributed by atoms with Crippen molar-refractivity contribution in [2.45, 2.75) is 53.2 Å². The molecular weight excluding hydrogens is 340 g/mol. The van der Waals surface area contributed by atoms with Gasteiger partial charge in [-0.1, -0.05) is 18.2 Å². The van der Waals surface area contributed by atoms with Gasteiger partial charge in [0.15, 0.2) is 0 Å². The van der Waals surface area contributed by atoms with E-state index in [9.17, 15) is 4.79 Å². The van der Waals surface area contributed by atoms with Crippen LogP contribution in [0.4, 0.5) is 5.69 Å². The van der Waals surface area contributed by atoms with Crippen LogP contribution >= 0.6 is 0 Å². The Morgan fingerprint density at radius 3 is 2.56 bits per heavy atom. The van der Waals surface area contributed by atoms with E-state index in [0.29, 0.717) is 6.54 Å². The highest BCUT2D eigenvalue weighted by Crippen LogP contribution is 2.23. The minimum atomic E-state index is 0.0233. The van der Waals surface area contributed by atoms with E-state index in [4.69, 9.17) is 4.74 Å². The molecule has 0 spiro atoms. The number of nitrogens with zero attached hydrogens (tertiary/aromatic N) is 3. The third kappa shape index (κ3) is 4.69. The zero-order valence-corrected chi connectivity index (χ0v) is 16.8. The lowest BCUT2D eigenvalue weighted by Crippen LogP contribution is -2.42. The van der Waals surface area contributed by atoms with E-state index >= 15 is 0 Å². The summed E-state index contributed by atoms with van der Waals surface area (Å²) in [5.74, 6) is 0.989. The molecule has 6 nitrogen and oxygen atoms in total. The molecule has 1 aliphatic heterocycles. The smallest absolute Gasteiger partial charge is 0.238 e. The van der Waals surface area contributed by atoms with Crippen molar-refractivity contribution < 1.29 is 9.53 Å². The zero-order valence-electron chi connectivity index (χ0n) is 16.8. The van der Waals surface area contributed by atoms with Crippen molar-refractivity contribution in [2.75, 3.05) is 25.0 Å². The van der Waals surface area contributed by atoms with Crippen LogP contribution in [-0.2, 0) is 11.3 Å². The highest BCUT2D eigenvalue weighted by molar-refractivity contribution is 5.93. The van der Waals surface area contributed by atoms with Crippen molar-refractivity contribution in [2.24, 2.45) is 0 Å². The fourth-order valence-electron chi connectivity index (χ4n) is 3.62. The summed E-state index contributed by atoms with van der Waals surface area (Å²) < 4.78 is 8.06. The molecule has 2 heterocycles. The van der Waals surface area contributed by atoms with Gasteiger partial charge in [-0.05, 0) is 52.2 Å². The van der Waals surface area contributed by atoms with Crippen molar-refractivity contribution in [3.8, 4) is 5.75 Å². The van der Waals surface area contributed by atoms with Gasteiger partial charge < -0.3 is 10.1 Å². The number of likely N-dealkylation sites (tertiary alicyclic amines) is 1. The number of hydrogen-bond acceptors (Lipinski definition) is 4. The summed E-state index contributed by atoms with van der Waals surface area (Å²) in [6, 6.07) is 8.12. The van der Waals surface area contributed by atoms with Gasteiger partial charge in [0.1, 0.15) is 11.9 Å². The maximum absolute atomic E-state index is 12.5. The second kappa shape index (κ2) is 8.57. The van der Waals surface area contributed by atoms with Gasteiger partial charge in [-0.25, -0.2) is 0 Å². The lowest BCUT2D eigenvalue weighted by Gasteiger charge is -2.32. The average Bonchev–Trinajstić information content (AvgIpc) is 2.92. The SMILES string of the molecule is CCn1nc(C)c(NC(=O)CN2CCC(Oc3ccccc3C)CC2)c1C. The summed E-state index contributed by atoms with van der Waals surface area (Å²) in [5.41, 5.74) is 3.89. The Morgan fingerprint density at radius 1 is 1.22 bits per heavy atom. The first-order chi connectivity index (χ1) is 13.0. The molecular formula is C21H30N4O2. The fourth-order valence-corrected chi connectivity index (χ4v) is 3.62. The number of benzene rings is 1. The Balaban J connectivity index is 1.48. The first-order valence-electron chi connectivity index (χ1n) is 9.76. The van der Waals surface area contributed by atoms with Crippen molar-refractivity contribution in [3.05, 3.63) is 41.2 Å². The van der Waals surface area contributed by atoms with E-state index in [0.717, 1.165) is 60.9 Å². The maximum atomic E-state index is 12.5. The van der Waals surface area contributed by atoms with E-state index in [-0.39, 0.29) is 12.0 Å². The van der Waals surface area contributed by atoms with E-state index in [1.807, 2.05) is 43.7 Å². The van der Waals surface area contributed by atoms with Crippen molar-refractivity contribution in [1.29, 1.82) is 0 Å². The monoisotopic (exact) mass is 370 g/mol. The van der Waals surface area contributed by atoms with Crippen LogP contribution in [0.2, 0.25) is 0 Å². The van der Waals surface area contributed by atoms with Crippen LogP contribution in [0.25, 0.3) is 0 Å². The van der Waals surface area contributed by atoms with Gasteiger partial charge in [0.05, 0.1) is 23.6 Å². The van der Waals surface area contributed by atoms with Gasteiger partial charge in [-0.2, -0.15) is 5.10 Å². The second-order valence-electron chi connectivity index (χ2n) is 7.27. The third-order valence-electron chi connectivity index (χ3n) is 5.23. The number of carbonyl (C=O) groups is 1. The summed E-state index contributed by atoms with van der Waals surface area (Å²) in [4.78, 5) is 14.7. The van der Waals surface area contributed by atoms with Crippen LogP contribution in [-0.4, -0.2) is 46.3 Å². The Bertz CT molecular complexity index is 791. The minimum Gasteiger partial charge on any atom is -0.490 e. The van der Waals surface area contributed by atoms with Crippen molar-refractivity contribution in [3.63, 3.8) is 0 Å². The molecule has 2 aromatic rings. The molecule has 27 heavy (non-hydrogen) atoms. The molecule has 0 bridgehead atoms. The van der Waals surface area contributed by atoms with Gasteiger partial charge in [0.2, 0.25) is 5.91 Å². The Labute approximate surface area is 161 Å². The fraction of sp³-hybridized carbons (Fsp3) is 0.524. The van der Waals surface area contributed by atoms with E-state index in [2.05, 4.69) is 28.3 Å². The molecule has 1 amide bonds. The highest BCUT2D eigenvalue weighted by atomic mass is 16.5. The third-order valence-corrected chi connectivity index (χ3v) is 5.23. The van der Waals surface area contributed by atoms with Gasteiger partial charge in [-0.15, -0.1) is 0 Å². The Morgan fingerprint density at radius 2 is 1.93 bits per heavy atom. The molecule has 3 rings (SSSR count). The number of nitrogens with one attached hydrogen (secondary N) is 1. The molecule has 0 atom stereocenters. The quantitative estimate of drug-likeness (QED) is 0.847. The predicted molar refractivity (Wildman–Crippen MR) is 107 cm³/mol. The topological polar surface area (TPSA) is 59.4 Å². The van der Waals surface area contributed by atoms with Crippen LogP contribution in [0.15, 0.2) is 24.3 Å². The number of amides is 1. The molecule has 1 fully saturated rings. The van der Waals surface area contributed by atoms with Crippen LogP contribution in [0.1, 0.15) is 36.7 Å². The molecule has 146 valence electrons. The Kier molecular flexibility index (Phi) is 6.16. The molecule has 6 heteroatoms. The first-order valence-corrected chi connectivity index (χ1v) is 9.76. The summed E-state index contributed by atoms with van der Waals surface area (Å²) >= 11 is 0. The second-order valence-corrected chi connectivity index (χ2v) is 7.27. The van der Waals surface area contributed by atoms with Crippen LogP contribution < -0.4 is 10.1 Å². The number of ether oxygens (including phenoxy) is 1. The van der Waals surface area contributed by atoms with Gasteiger partial charge in [0, 0.05) is 19.6 Å². The Hall–Kier alpha value is -2.34. The van der Waals surface area contributed by atoms with Crippen molar-refractivity contribution in [1.82, 2.24) is 14.7 Å². The van der Waals surface area contributed by atoms with Crippen LogP contribution in [0, 0.1) is 20.8 Å². The average molecular weight is 370 g/mol. The molecule has 1 aromatic heterocycles. The number of piperidine rings is 1. The predicted octanol–water partition coefficient (Wildman–Crippen LogP) is 3.31. The number of para-hydroxylation sites is 1. The molecule has 0 aliphatic carbocycles. The zero-order chi connectivity index (χ0) is 19.4. The number of aryl methyl sites for hydroxylation is 3. The van der Waals surface area contributed by atoms with Gasteiger partial charge >= 0.3 is 0 Å². The highest BCUT2D eigenvalue weighted by Gasteiger charge is 2.23. The van der Waals surface area contributed by atoms with E-state index < -0.39 is 0 Å². The van der Waals surface area contributed by atoms with E-state index in [1.54, 1.807) is 0 Å². The molecule has 0 saturated carbocycles. The van der Waals surface area contributed by atoms with Gasteiger partial charge in [-0.3, -0.25) is 14.4 Å². The number of carbonyl (C=O) groups excluding carboxylic acids is 1. The summed E-state index contributed by atoms with van der Waals surface area (Å²) in [5, 5.41) is 7.50. The first kappa shape index (κ1) is 19.4. The number of rotatable bonds is 6. The summed E-state index contributed by atoms with van der Waals surface area (Å²) in [7, 11) is 0. The van der Waals surface area contributed by atoms with Crippen molar-refractivity contribution >= 4 is 11.6 Å². The lowest BCUT2D eigenvalue weighted by atomic mass is 10.1. The maximum Gasteiger partial charge on any atom is 0.238 e. The molecule has 1 aromatic carbocycles. The standard InChI is InChI=1S/C21H30N4O2/c1-5-25-17(4)21(16(3)23-25)22-20(26)14-24-12-10-18(11-13-24)27-19-9-7-6-8-15(19)2/h6-9,18H,5,10-14H2,1-4H3,(H,22,26). The molecule has 1 aliphatic rings. The lowest BCUT2D eigenvalue weighted by molar-refractivity contribution is -0.117. The van der Waals surface area contributed by atoms with Gasteiger partial charge in [0.25, 0.3) is 0 Å². The summed E-state index contributed by atoms with van der Waals surface area (Å²) in [6.45, 7) is 11.0. The minimum absolute atomic E-state index is 0.0233. The largest absolute Gasteiger partial charge is 0.490 e. The number of aromatic nitrogens is 2. The molecule has 1 saturated heterocycles. The van der Waals surface area contributed by atoms with E-state index in [1.165, 1.54) is 0 Å².